The summed E-state index contributed by atoms with van der Waals surface area (Å²) in [4.78, 5) is 0.487. The van der Waals surface area contributed by atoms with Crippen LogP contribution in [0.3, 0.4) is 0 Å². The summed E-state index contributed by atoms with van der Waals surface area (Å²) < 4.78 is 11.9. The van der Waals surface area contributed by atoms with Crippen LogP contribution in [-0.4, -0.2) is 29.7 Å². The molecule has 0 aromatic rings. The van der Waals surface area contributed by atoms with E-state index in [0.29, 0.717) is 17.0 Å². The summed E-state index contributed by atoms with van der Waals surface area (Å²) in [5.74, 6) is 0. The normalized spacial score (nSPS) is 29.0. The number of alkyl halides is 1. The number of rotatable bonds is 10. The third-order valence-corrected chi connectivity index (χ3v) is 4.46. The molecule has 1 rings (SSSR count). The van der Waals surface area contributed by atoms with Crippen LogP contribution in [-0.2, 0) is 9.47 Å². The highest BCUT2D eigenvalue weighted by atomic mass is 79.9. The van der Waals surface area contributed by atoms with Gasteiger partial charge in [-0.05, 0) is 26.2 Å². The molecule has 0 N–H and O–H groups in total. The van der Waals surface area contributed by atoms with Crippen LogP contribution >= 0.6 is 15.9 Å². The first-order chi connectivity index (χ1) is 8.69. The number of halogens is 1. The van der Waals surface area contributed by atoms with Crippen LogP contribution in [0.15, 0.2) is 0 Å². The van der Waals surface area contributed by atoms with Gasteiger partial charge in [-0.2, -0.15) is 0 Å². The van der Waals surface area contributed by atoms with Crippen LogP contribution < -0.4 is 0 Å². The molecular formula is C15H29BrO2. The van der Waals surface area contributed by atoms with Crippen LogP contribution in [0.25, 0.3) is 0 Å². The second-order valence-electron chi connectivity index (χ2n) is 5.42. The summed E-state index contributed by atoms with van der Waals surface area (Å²) >= 11 is 3.66. The summed E-state index contributed by atoms with van der Waals surface area (Å²) in [7, 11) is 0. The van der Waals surface area contributed by atoms with Crippen molar-refractivity contribution in [1.82, 2.24) is 0 Å². The van der Waals surface area contributed by atoms with E-state index in [9.17, 15) is 0 Å². The molecular weight excluding hydrogens is 292 g/mol. The highest BCUT2D eigenvalue weighted by molar-refractivity contribution is 9.09. The predicted octanol–water partition coefficient (Wildman–Crippen LogP) is 4.69. The van der Waals surface area contributed by atoms with E-state index >= 15 is 0 Å². The summed E-state index contributed by atoms with van der Waals surface area (Å²) in [6.45, 7) is 7.44. The van der Waals surface area contributed by atoms with Crippen LogP contribution in [0.4, 0.5) is 0 Å². The van der Waals surface area contributed by atoms with E-state index in [1.165, 1.54) is 32.1 Å². The van der Waals surface area contributed by atoms with E-state index in [1.54, 1.807) is 0 Å². The first-order valence-electron chi connectivity index (χ1n) is 7.60. The van der Waals surface area contributed by atoms with Gasteiger partial charge in [0, 0.05) is 11.4 Å². The Hall–Kier alpha value is 0.400. The van der Waals surface area contributed by atoms with Gasteiger partial charge in [0.15, 0.2) is 0 Å². The van der Waals surface area contributed by atoms with Crippen molar-refractivity contribution in [3.8, 4) is 0 Å². The molecule has 0 aliphatic heterocycles. The van der Waals surface area contributed by atoms with Crippen molar-refractivity contribution in [2.45, 2.75) is 88.9 Å². The Morgan fingerprint density at radius 3 is 2.56 bits per heavy atom. The summed E-state index contributed by atoms with van der Waals surface area (Å²) in [5, 5.41) is 0. The van der Waals surface area contributed by atoms with Crippen molar-refractivity contribution in [2.24, 2.45) is 0 Å². The van der Waals surface area contributed by atoms with E-state index in [0.717, 1.165) is 19.4 Å². The quantitative estimate of drug-likeness (QED) is 0.429. The first kappa shape index (κ1) is 16.5. The lowest BCUT2D eigenvalue weighted by atomic mass is 9.91. The Bertz CT molecular complexity index is 211. The number of unbranched alkanes of at least 4 members (excludes halogenated alkanes) is 3. The van der Waals surface area contributed by atoms with Gasteiger partial charge in [-0.25, -0.2) is 0 Å². The van der Waals surface area contributed by atoms with Crippen LogP contribution in [0.1, 0.15) is 65.7 Å². The lowest BCUT2D eigenvalue weighted by Crippen LogP contribution is -2.51. The van der Waals surface area contributed by atoms with Gasteiger partial charge in [0.05, 0.1) is 18.3 Å². The fourth-order valence-electron chi connectivity index (χ4n) is 2.35. The molecule has 0 amide bonds. The fraction of sp³-hybridized carbons (Fsp3) is 1.00. The molecule has 1 fully saturated rings. The van der Waals surface area contributed by atoms with Gasteiger partial charge < -0.3 is 9.47 Å². The Labute approximate surface area is 121 Å². The molecule has 0 heterocycles. The zero-order valence-corrected chi connectivity index (χ0v) is 13.7. The largest absolute Gasteiger partial charge is 0.374 e. The average Bonchev–Trinajstić information content (AvgIpc) is 2.34. The summed E-state index contributed by atoms with van der Waals surface area (Å²) in [6.07, 6.45) is 9.58. The average molecular weight is 321 g/mol. The molecule has 0 radical (unpaired) electrons. The van der Waals surface area contributed by atoms with E-state index < -0.39 is 0 Å². The van der Waals surface area contributed by atoms with Crippen LogP contribution in [0.2, 0.25) is 0 Å². The molecule has 0 bridgehead atoms. The molecule has 0 aromatic carbocycles. The first-order valence-corrected chi connectivity index (χ1v) is 8.51. The monoisotopic (exact) mass is 320 g/mol. The Kier molecular flexibility index (Phi) is 8.53. The van der Waals surface area contributed by atoms with Gasteiger partial charge in [-0.15, -0.1) is 0 Å². The Morgan fingerprint density at radius 2 is 1.94 bits per heavy atom. The van der Waals surface area contributed by atoms with Crippen molar-refractivity contribution in [2.75, 3.05) is 6.61 Å². The van der Waals surface area contributed by atoms with Gasteiger partial charge in [0.2, 0.25) is 0 Å². The molecule has 108 valence electrons. The van der Waals surface area contributed by atoms with E-state index in [-0.39, 0.29) is 6.10 Å². The molecule has 1 aliphatic rings. The second kappa shape index (κ2) is 9.33. The van der Waals surface area contributed by atoms with Crippen molar-refractivity contribution >= 4 is 15.9 Å². The Balaban J connectivity index is 2.13. The van der Waals surface area contributed by atoms with Crippen molar-refractivity contribution < 1.29 is 9.47 Å². The van der Waals surface area contributed by atoms with Gasteiger partial charge in [0.1, 0.15) is 0 Å². The van der Waals surface area contributed by atoms with Crippen molar-refractivity contribution in [3.05, 3.63) is 0 Å². The van der Waals surface area contributed by atoms with Gasteiger partial charge in [0.25, 0.3) is 0 Å². The SMILES string of the molecule is CCCCCCC(C)OC1CC(Br)C1OCCC. The number of ether oxygens (including phenoxy) is 2. The minimum Gasteiger partial charge on any atom is -0.374 e. The minimum atomic E-state index is 0.267. The second-order valence-corrected chi connectivity index (χ2v) is 6.60. The van der Waals surface area contributed by atoms with Gasteiger partial charge in [-0.3, -0.25) is 0 Å². The number of hydrogen-bond donors (Lipinski definition) is 0. The standard InChI is InChI=1S/C15H29BrO2/c1-4-6-7-8-9-12(3)18-14-11-13(16)15(14)17-10-5-2/h12-15H,4-11H2,1-3H3. The molecule has 4 atom stereocenters. The van der Waals surface area contributed by atoms with Gasteiger partial charge in [-0.1, -0.05) is 55.5 Å². The fourth-order valence-corrected chi connectivity index (χ4v) is 3.21. The zero-order chi connectivity index (χ0) is 13.4. The zero-order valence-electron chi connectivity index (χ0n) is 12.2. The third-order valence-electron chi connectivity index (χ3n) is 3.57. The molecule has 1 aliphatic carbocycles. The number of hydrogen-bond acceptors (Lipinski definition) is 2. The van der Waals surface area contributed by atoms with Crippen LogP contribution in [0.5, 0.6) is 0 Å². The van der Waals surface area contributed by atoms with Crippen molar-refractivity contribution in [1.29, 1.82) is 0 Å². The predicted molar refractivity (Wildman–Crippen MR) is 80.5 cm³/mol. The smallest absolute Gasteiger partial charge is 0.0962 e. The molecule has 4 unspecified atom stereocenters. The van der Waals surface area contributed by atoms with Crippen molar-refractivity contribution in [3.63, 3.8) is 0 Å². The highest BCUT2D eigenvalue weighted by Gasteiger charge is 2.41. The molecule has 1 saturated carbocycles. The lowest BCUT2D eigenvalue weighted by Gasteiger charge is -2.42. The molecule has 3 heteroatoms. The third kappa shape index (κ3) is 5.58. The molecule has 0 aromatic heterocycles. The minimum absolute atomic E-state index is 0.267. The van der Waals surface area contributed by atoms with E-state index in [4.69, 9.17) is 9.47 Å². The van der Waals surface area contributed by atoms with Gasteiger partial charge >= 0.3 is 0 Å². The Morgan fingerprint density at radius 1 is 1.17 bits per heavy atom. The topological polar surface area (TPSA) is 18.5 Å². The lowest BCUT2D eigenvalue weighted by molar-refractivity contribution is -0.143. The maximum absolute atomic E-state index is 6.09. The van der Waals surface area contributed by atoms with E-state index in [2.05, 4.69) is 36.7 Å². The maximum atomic E-state index is 6.09. The molecule has 0 spiro atoms. The molecule has 0 saturated heterocycles. The molecule has 18 heavy (non-hydrogen) atoms. The maximum Gasteiger partial charge on any atom is 0.0962 e. The highest BCUT2D eigenvalue weighted by Crippen LogP contribution is 2.34. The summed E-state index contributed by atoms with van der Waals surface area (Å²) in [5.41, 5.74) is 0. The van der Waals surface area contributed by atoms with E-state index in [1.807, 2.05) is 0 Å². The molecule has 2 nitrogen and oxygen atoms in total. The summed E-state index contributed by atoms with van der Waals surface area (Å²) in [6, 6.07) is 0. The van der Waals surface area contributed by atoms with Crippen LogP contribution in [0, 0.1) is 0 Å².